The minimum absolute atomic E-state index is 0.0593. The largest absolute Gasteiger partial charge is 0.394 e. The Labute approximate surface area is 146 Å². The van der Waals surface area contributed by atoms with Crippen LogP contribution in [0.5, 0.6) is 0 Å². The second-order valence-corrected chi connectivity index (χ2v) is 7.11. The fourth-order valence-corrected chi connectivity index (χ4v) is 3.28. The van der Waals surface area contributed by atoms with E-state index in [4.69, 9.17) is 0 Å². The van der Waals surface area contributed by atoms with Crippen LogP contribution in [-0.4, -0.2) is 32.9 Å². The third-order valence-corrected chi connectivity index (χ3v) is 5.08. The van der Waals surface area contributed by atoms with Gasteiger partial charge in [-0.15, -0.1) is 0 Å². The summed E-state index contributed by atoms with van der Waals surface area (Å²) < 4.78 is 14.8. The summed E-state index contributed by atoms with van der Waals surface area (Å²) >= 11 is 0. The van der Waals surface area contributed by atoms with Gasteiger partial charge in [-0.1, -0.05) is 0 Å². The molecule has 5 nitrogen and oxygen atoms in total. The van der Waals surface area contributed by atoms with Crippen LogP contribution in [0.3, 0.4) is 0 Å². The van der Waals surface area contributed by atoms with Crippen molar-refractivity contribution in [3.05, 3.63) is 47.0 Å². The van der Waals surface area contributed by atoms with Gasteiger partial charge in [-0.05, 0) is 63.8 Å². The molecule has 0 radical (unpaired) electrons. The maximum Gasteiger partial charge on any atom is 0.225 e. The van der Waals surface area contributed by atoms with Gasteiger partial charge in [-0.3, -0.25) is 4.79 Å². The number of halogens is 1. The molecule has 1 aliphatic rings. The molecule has 1 amide bonds. The topological polar surface area (TPSA) is 67.2 Å². The number of benzene rings is 1. The minimum atomic E-state index is -0.550. The fraction of sp³-hybridized carbons (Fsp3) is 0.474. The average molecular weight is 345 g/mol. The monoisotopic (exact) mass is 345 g/mol. The molecule has 3 rings (SSSR count). The first-order valence-electron chi connectivity index (χ1n) is 8.57. The maximum absolute atomic E-state index is 13.1. The highest BCUT2D eigenvalue weighted by Crippen LogP contribution is 2.39. The van der Waals surface area contributed by atoms with E-state index >= 15 is 0 Å². The zero-order valence-electron chi connectivity index (χ0n) is 14.8. The highest BCUT2D eigenvalue weighted by Gasteiger charge is 2.42. The Bertz CT molecular complexity index is 781. The quantitative estimate of drug-likeness (QED) is 0.845. The molecule has 1 unspecified atom stereocenters. The number of hydrogen-bond donors (Lipinski definition) is 2. The number of carbonyl (C=O) groups excluding carboxylic acids is 1. The van der Waals surface area contributed by atoms with Crippen molar-refractivity contribution in [2.24, 2.45) is 5.92 Å². The molecule has 0 saturated heterocycles. The lowest BCUT2D eigenvalue weighted by Crippen LogP contribution is -2.51. The Hall–Kier alpha value is -2.21. The van der Waals surface area contributed by atoms with Crippen molar-refractivity contribution in [1.29, 1.82) is 0 Å². The molecule has 6 heteroatoms. The molecule has 2 N–H and O–H groups in total. The van der Waals surface area contributed by atoms with Gasteiger partial charge in [0, 0.05) is 11.3 Å². The lowest BCUT2D eigenvalue weighted by atomic mass is 9.96. The van der Waals surface area contributed by atoms with Crippen molar-refractivity contribution >= 4 is 5.91 Å². The summed E-state index contributed by atoms with van der Waals surface area (Å²) in [6.45, 7) is 5.60. The number of aliphatic hydroxyl groups excluding tert-OH is 1. The van der Waals surface area contributed by atoms with Gasteiger partial charge < -0.3 is 10.4 Å². The maximum atomic E-state index is 13.1. The van der Waals surface area contributed by atoms with Gasteiger partial charge in [0.25, 0.3) is 0 Å². The molecule has 1 aromatic carbocycles. The second-order valence-electron chi connectivity index (χ2n) is 7.11. The SMILES string of the molecule is Cc1nn(-c2ccc(F)cc2)c(C)c1CC(=O)NC(C)(CO)C1CC1. The fourth-order valence-electron chi connectivity index (χ4n) is 3.28. The third kappa shape index (κ3) is 3.58. The first-order valence-corrected chi connectivity index (χ1v) is 8.57. The van der Waals surface area contributed by atoms with Gasteiger partial charge >= 0.3 is 0 Å². The molecule has 25 heavy (non-hydrogen) atoms. The lowest BCUT2D eigenvalue weighted by Gasteiger charge is -2.28. The minimum Gasteiger partial charge on any atom is -0.394 e. The summed E-state index contributed by atoms with van der Waals surface area (Å²) in [5.74, 6) is -0.0628. The number of nitrogens with zero attached hydrogens (tertiary/aromatic N) is 2. The standard InChI is InChI=1S/C19H24FN3O2/c1-12-17(10-18(25)21-19(3,11-24)14-4-5-14)13(2)23(22-12)16-8-6-15(20)7-9-16/h6-9,14,24H,4-5,10-11H2,1-3H3,(H,21,25). The summed E-state index contributed by atoms with van der Waals surface area (Å²) in [7, 11) is 0. The van der Waals surface area contributed by atoms with Crippen molar-refractivity contribution in [3.63, 3.8) is 0 Å². The van der Waals surface area contributed by atoms with Crippen LogP contribution in [0.2, 0.25) is 0 Å². The average Bonchev–Trinajstić information content (AvgIpc) is 3.39. The van der Waals surface area contributed by atoms with Gasteiger partial charge in [-0.2, -0.15) is 5.10 Å². The van der Waals surface area contributed by atoms with E-state index in [1.807, 2.05) is 20.8 Å². The summed E-state index contributed by atoms with van der Waals surface area (Å²) in [6, 6.07) is 6.10. The molecule has 2 aromatic rings. The van der Waals surface area contributed by atoms with Crippen LogP contribution in [0.25, 0.3) is 5.69 Å². The molecule has 0 spiro atoms. The van der Waals surface area contributed by atoms with E-state index in [0.29, 0.717) is 5.92 Å². The van der Waals surface area contributed by atoms with Crippen LogP contribution in [-0.2, 0) is 11.2 Å². The second kappa shape index (κ2) is 6.59. The van der Waals surface area contributed by atoms with Gasteiger partial charge in [0.1, 0.15) is 5.82 Å². The predicted molar refractivity (Wildman–Crippen MR) is 93.1 cm³/mol. The smallest absolute Gasteiger partial charge is 0.225 e. The van der Waals surface area contributed by atoms with E-state index in [0.717, 1.165) is 35.5 Å². The van der Waals surface area contributed by atoms with Crippen molar-refractivity contribution in [1.82, 2.24) is 15.1 Å². The first-order chi connectivity index (χ1) is 11.8. The van der Waals surface area contributed by atoms with E-state index < -0.39 is 5.54 Å². The van der Waals surface area contributed by atoms with Crippen LogP contribution >= 0.6 is 0 Å². The van der Waals surface area contributed by atoms with Gasteiger partial charge in [-0.25, -0.2) is 9.07 Å². The van der Waals surface area contributed by atoms with Gasteiger partial charge in [0.2, 0.25) is 5.91 Å². The van der Waals surface area contributed by atoms with Crippen LogP contribution in [0.1, 0.15) is 36.7 Å². The zero-order valence-corrected chi connectivity index (χ0v) is 14.8. The number of amides is 1. The number of nitrogens with one attached hydrogen (secondary N) is 1. The molecular formula is C19H24FN3O2. The van der Waals surface area contributed by atoms with Crippen molar-refractivity contribution in [2.45, 2.75) is 45.6 Å². The van der Waals surface area contributed by atoms with Crippen LogP contribution in [0.15, 0.2) is 24.3 Å². The molecule has 0 bridgehead atoms. The Morgan fingerprint density at radius 3 is 2.56 bits per heavy atom. The molecule has 1 aliphatic carbocycles. The van der Waals surface area contributed by atoms with E-state index in [9.17, 15) is 14.3 Å². The normalized spacial score (nSPS) is 16.5. The van der Waals surface area contributed by atoms with E-state index in [1.165, 1.54) is 12.1 Å². The predicted octanol–water partition coefficient (Wildman–Crippen LogP) is 2.45. The number of aliphatic hydroxyl groups is 1. The number of aromatic nitrogens is 2. The lowest BCUT2D eigenvalue weighted by molar-refractivity contribution is -0.123. The number of aryl methyl sites for hydroxylation is 1. The highest BCUT2D eigenvalue weighted by atomic mass is 19.1. The van der Waals surface area contributed by atoms with E-state index in [2.05, 4.69) is 10.4 Å². The summed E-state index contributed by atoms with van der Waals surface area (Å²) in [4.78, 5) is 12.5. The third-order valence-electron chi connectivity index (χ3n) is 5.08. The highest BCUT2D eigenvalue weighted by molar-refractivity contribution is 5.80. The van der Waals surface area contributed by atoms with Crippen molar-refractivity contribution in [3.8, 4) is 5.69 Å². The first kappa shape index (κ1) is 17.6. The van der Waals surface area contributed by atoms with E-state index in [-0.39, 0.29) is 24.8 Å². The number of rotatable bonds is 6. The molecule has 1 heterocycles. The molecule has 1 atom stereocenters. The van der Waals surface area contributed by atoms with Crippen molar-refractivity contribution in [2.75, 3.05) is 6.61 Å². The Kier molecular flexibility index (Phi) is 4.64. The number of carbonyl (C=O) groups is 1. The van der Waals surface area contributed by atoms with E-state index in [1.54, 1.807) is 16.8 Å². The summed E-state index contributed by atoms with van der Waals surface area (Å²) in [5.41, 5.74) is 2.70. The number of hydrogen-bond acceptors (Lipinski definition) is 3. The molecule has 134 valence electrons. The van der Waals surface area contributed by atoms with Crippen LogP contribution in [0, 0.1) is 25.6 Å². The van der Waals surface area contributed by atoms with Crippen LogP contribution in [0.4, 0.5) is 4.39 Å². The van der Waals surface area contributed by atoms with Crippen molar-refractivity contribution < 1.29 is 14.3 Å². The molecule has 1 aromatic heterocycles. The Balaban J connectivity index is 1.79. The molecular weight excluding hydrogens is 321 g/mol. The van der Waals surface area contributed by atoms with Gasteiger partial charge in [0.05, 0.1) is 29.9 Å². The van der Waals surface area contributed by atoms with Crippen LogP contribution < -0.4 is 5.32 Å². The zero-order chi connectivity index (χ0) is 18.2. The molecule has 1 fully saturated rings. The summed E-state index contributed by atoms with van der Waals surface area (Å²) in [6.07, 6.45) is 2.29. The van der Waals surface area contributed by atoms with Gasteiger partial charge in [0.15, 0.2) is 0 Å². The Morgan fingerprint density at radius 1 is 1.36 bits per heavy atom. The molecule has 1 saturated carbocycles. The molecule has 0 aliphatic heterocycles. The summed E-state index contributed by atoms with van der Waals surface area (Å²) in [5, 5.41) is 17.1. The Morgan fingerprint density at radius 2 is 2.00 bits per heavy atom.